The zero-order chi connectivity index (χ0) is 13.3. The van der Waals surface area contributed by atoms with Crippen LogP contribution in [0.3, 0.4) is 0 Å². The molecule has 1 aromatic rings. The van der Waals surface area contributed by atoms with Crippen LogP contribution in [0.5, 0.6) is 0 Å². The lowest BCUT2D eigenvalue weighted by molar-refractivity contribution is -0.132. The molecule has 1 saturated carbocycles. The molecular weight excluding hydrogens is 236 g/mol. The number of ether oxygens (including phenoxy) is 1. The van der Waals surface area contributed by atoms with Crippen molar-refractivity contribution in [1.29, 1.82) is 0 Å². The summed E-state index contributed by atoms with van der Waals surface area (Å²) in [6.07, 6.45) is 6.13. The maximum atomic E-state index is 6.03. The second-order valence-corrected chi connectivity index (χ2v) is 5.91. The minimum Gasteiger partial charge on any atom is -0.399 e. The van der Waals surface area contributed by atoms with Gasteiger partial charge in [0.2, 0.25) is 0 Å². The molecule has 1 aliphatic carbocycles. The van der Waals surface area contributed by atoms with E-state index < -0.39 is 0 Å². The average Bonchev–Trinajstić information content (AvgIpc) is 2.38. The molecule has 1 heterocycles. The normalized spacial score (nSPS) is 25.0. The highest BCUT2D eigenvalue weighted by Gasteiger charge is 2.43. The molecule has 3 rings (SSSR count). The van der Waals surface area contributed by atoms with E-state index in [1.165, 1.54) is 31.4 Å². The van der Waals surface area contributed by atoms with Gasteiger partial charge in [-0.15, -0.1) is 0 Å². The van der Waals surface area contributed by atoms with Gasteiger partial charge >= 0.3 is 0 Å². The Hall–Kier alpha value is -1.22. The molecule has 19 heavy (non-hydrogen) atoms. The van der Waals surface area contributed by atoms with Crippen molar-refractivity contribution in [2.75, 3.05) is 23.8 Å². The molecule has 2 N–H and O–H groups in total. The summed E-state index contributed by atoms with van der Waals surface area (Å²) in [5, 5.41) is 0. The molecule has 3 heteroatoms. The molecule has 1 spiro atoms. The lowest BCUT2D eigenvalue weighted by atomic mass is 9.73. The summed E-state index contributed by atoms with van der Waals surface area (Å²) in [7, 11) is 0. The topological polar surface area (TPSA) is 38.5 Å². The molecule has 1 aromatic carbocycles. The quantitative estimate of drug-likeness (QED) is 0.848. The fraction of sp³-hybridized carbons (Fsp3) is 0.625. The monoisotopic (exact) mass is 260 g/mol. The van der Waals surface area contributed by atoms with Crippen molar-refractivity contribution >= 4 is 11.4 Å². The third-order valence-electron chi connectivity index (χ3n) is 4.72. The predicted molar refractivity (Wildman–Crippen MR) is 79.4 cm³/mol. The molecular formula is C16H24N2O. The zero-order valence-electron chi connectivity index (χ0n) is 11.8. The van der Waals surface area contributed by atoms with Crippen LogP contribution in [-0.4, -0.2) is 24.8 Å². The second-order valence-electron chi connectivity index (χ2n) is 5.91. The van der Waals surface area contributed by atoms with Gasteiger partial charge in [-0.05, 0) is 57.2 Å². The molecule has 1 unspecified atom stereocenters. The van der Waals surface area contributed by atoms with E-state index in [-0.39, 0.29) is 5.60 Å². The van der Waals surface area contributed by atoms with Crippen LogP contribution >= 0.6 is 0 Å². The molecule has 1 atom stereocenters. The van der Waals surface area contributed by atoms with E-state index in [2.05, 4.69) is 24.0 Å². The highest BCUT2D eigenvalue weighted by Crippen LogP contribution is 2.44. The minimum absolute atomic E-state index is 0.205. The van der Waals surface area contributed by atoms with Gasteiger partial charge in [0, 0.05) is 30.6 Å². The summed E-state index contributed by atoms with van der Waals surface area (Å²) >= 11 is 0. The Morgan fingerprint density at radius 3 is 2.89 bits per heavy atom. The first-order valence-corrected chi connectivity index (χ1v) is 7.49. The largest absolute Gasteiger partial charge is 0.399 e. The number of benzene rings is 1. The lowest BCUT2D eigenvalue weighted by Gasteiger charge is -2.50. The predicted octanol–water partition coefficient (Wildman–Crippen LogP) is 3.20. The van der Waals surface area contributed by atoms with Crippen LogP contribution in [0.15, 0.2) is 24.3 Å². The number of rotatable bonds is 3. The van der Waals surface area contributed by atoms with Crippen LogP contribution in [0.1, 0.15) is 39.0 Å². The number of hydrogen-bond donors (Lipinski definition) is 1. The second kappa shape index (κ2) is 5.04. The Morgan fingerprint density at radius 2 is 2.26 bits per heavy atom. The third-order valence-corrected chi connectivity index (χ3v) is 4.72. The van der Waals surface area contributed by atoms with Gasteiger partial charge in [0.15, 0.2) is 0 Å². The number of nitrogens with zero attached hydrogens (tertiary/aromatic N) is 1. The van der Waals surface area contributed by atoms with Crippen LogP contribution < -0.4 is 10.6 Å². The molecule has 1 saturated heterocycles. The fourth-order valence-electron chi connectivity index (χ4n) is 3.54. The maximum absolute atomic E-state index is 6.03. The molecule has 104 valence electrons. The van der Waals surface area contributed by atoms with Crippen molar-refractivity contribution in [2.24, 2.45) is 0 Å². The standard InChI is InChI=1S/C16H24N2O/c1-2-18(14-6-3-5-13(17)11-14)15-7-10-19-16(12-15)8-4-9-16/h3,5-6,11,15H,2,4,7-10,12,17H2,1H3. The van der Waals surface area contributed by atoms with Crippen LogP contribution in [0, 0.1) is 0 Å². The summed E-state index contributed by atoms with van der Waals surface area (Å²) in [6.45, 7) is 4.17. The van der Waals surface area contributed by atoms with Crippen LogP contribution in [0.4, 0.5) is 11.4 Å². The summed E-state index contributed by atoms with van der Waals surface area (Å²) < 4.78 is 6.03. The van der Waals surface area contributed by atoms with E-state index in [1.807, 2.05) is 12.1 Å². The molecule has 3 nitrogen and oxygen atoms in total. The van der Waals surface area contributed by atoms with Gasteiger partial charge in [0.05, 0.1) is 5.60 Å². The fourth-order valence-corrected chi connectivity index (χ4v) is 3.54. The van der Waals surface area contributed by atoms with Gasteiger partial charge in [-0.3, -0.25) is 0 Å². The molecule has 0 radical (unpaired) electrons. The molecule has 1 aliphatic heterocycles. The van der Waals surface area contributed by atoms with E-state index in [0.29, 0.717) is 6.04 Å². The molecule has 0 amide bonds. The Bertz CT molecular complexity index is 442. The average molecular weight is 260 g/mol. The van der Waals surface area contributed by atoms with Gasteiger partial charge in [-0.2, -0.15) is 0 Å². The maximum Gasteiger partial charge on any atom is 0.0702 e. The van der Waals surface area contributed by atoms with Crippen molar-refractivity contribution in [3.05, 3.63) is 24.3 Å². The number of nitrogens with two attached hydrogens (primary N) is 1. The smallest absolute Gasteiger partial charge is 0.0702 e. The highest BCUT2D eigenvalue weighted by molar-refractivity contribution is 5.56. The van der Waals surface area contributed by atoms with Crippen LogP contribution in [0.2, 0.25) is 0 Å². The van der Waals surface area contributed by atoms with Gasteiger partial charge < -0.3 is 15.4 Å². The zero-order valence-corrected chi connectivity index (χ0v) is 11.8. The summed E-state index contributed by atoms with van der Waals surface area (Å²) in [5.41, 5.74) is 8.23. The number of hydrogen-bond acceptors (Lipinski definition) is 3. The van der Waals surface area contributed by atoms with Crippen molar-refractivity contribution in [3.63, 3.8) is 0 Å². The van der Waals surface area contributed by atoms with Gasteiger partial charge in [0.25, 0.3) is 0 Å². The highest BCUT2D eigenvalue weighted by atomic mass is 16.5. The van der Waals surface area contributed by atoms with Crippen LogP contribution in [0.25, 0.3) is 0 Å². The van der Waals surface area contributed by atoms with Gasteiger partial charge in [-0.1, -0.05) is 6.07 Å². The first kappa shape index (κ1) is 12.8. The molecule has 0 bridgehead atoms. The lowest BCUT2D eigenvalue weighted by Crippen LogP contribution is -2.52. The SMILES string of the molecule is CCN(c1cccc(N)c1)C1CCOC2(CCC2)C1. The summed E-state index contributed by atoms with van der Waals surface area (Å²) in [4.78, 5) is 2.50. The first-order chi connectivity index (χ1) is 9.22. The molecule has 2 aliphatic rings. The van der Waals surface area contributed by atoms with Crippen molar-refractivity contribution in [3.8, 4) is 0 Å². The summed E-state index contributed by atoms with van der Waals surface area (Å²) in [6, 6.07) is 8.86. The van der Waals surface area contributed by atoms with Crippen molar-refractivity contribution in [1.82, 2.24) is 0 Å². The van der Waals surface area contributed by atoms with E-state index in [4.69, 9.17) is 10.5 Å². The Kier molecular flexibility index (Phi) is 3.40. The van der Waals surface area contributed by atoms with E-state index in [1.54, 1.807) is 0 Å². The van der Waals surface area contributed by atoms with E-state index >= 15 is 0 Å². The number of anilines is 2. The Labute approximate surface area is 115 Å². The number of nitrogen functional groups attached to an aromatic ring is 1. The van der Waals surface area contributed by atoms with Crippen molar-refractivity contribution < 1.29 is 4.74 Å². The first-order valence-electron chi connectivity index (χ1n) is 7.49. The van der Waals surface area contributed by atoms with Crippen LogP contribution in [-0.2, 0) is 4.74 Å². The van der Waals surface area contributed by atoms with E-state index in [9.17, 15) is 0 Å². The third kappa shape index (κ3) is 2.44. The van der Waals surface area contributed by atoms with E-state index in [0.717, 1.165) is 25.3 Å². The molecule has 0 aromatic heterocycles. The molecule has 2 fully saturated rings. The Balaban J connectivity index is 1.78. The van der Waals surface area contributed by atoms with Gasteiger partial charge in [0.1, 0.15) is 0 Å². The Morgan fingerprint density at radius 1 is 1.42 bits per heavy atom. The van der Waals surface area contributed by atoms with Crippen molar-refractivity contribution in [2.45, 2.75) is 50.7 Å². The summed E-state index contributed by atoms with van der Waals surface area (Å²) in [5.74, 6) is 0. The minimum atomic E-state index is 0.205. The van der Waals surface area contributed by atoms with Gasteiger partial charge in [-0.25, -0.2) is 0 Å².